The van der Waals surface area contributed by atoms with Gasteiger partial charge in [-0.05, 0) is 51.5 Å². The lowest BCUT2D eigenvalue weighted by atomic mass is 10.1. The quantitative estimate of drug-likeness (QED) is 0.793. The Kier molecular flexibility index (Phi) is 5.27. The van der Waals surface area contributed by atoms with Crippen LogP contribution in [-0.4, -0.2) is 32.4 Å². The van der Waals surface area contributed by atoms with E-state index in [9.17, 15) is 9.59 Å². The Labute approximate surface area is 152 Å². The van der Waals surface area contributed by atoms with Crippen molar-refractivity contribution in [3.8, 4) is 0 Å². The summed E-state index contributed by atoms with van der Waals surface area (Å²) in [4.78, 5) is 34.4. The Morgan fingerprint density at radius 2 is 1.96 bits per heavy atom. The monoisotopic (exact) mass is 361 g/mol. The number of thiophene rings is 1. The topological polar surface area (TPSA) is 55.2 Å². The van der Waals surface area contributed by atoms with Crippen molar-refractivity contribution in [1.82, 2.24) is 14.5 Å². The number of hydrogen-bond donors (Lipinski definition) is 0. The van der Waals surface area contributed by atoms with Crippen LogP contribution in [0.25, 0.3) is 10.2 Å². The summed E-state index contributed by atoms with van der Waals surface area (Å²) in [6.07, 6.45) is 6.46. The number of nitrogens with zero attached hydrogens (tertiary/aromatic N) is 3. The van der Waals surface area contributed by atoms with E-state index in [0.717, 1.165) is 42.3 Å². The Bertz CT molecular complexity index is 829. The van der Waals surface area contributed by atoms with Gasteiger partial charge in [0.15, 0.2) is 0 Å². The second-order valence-electron chi connectivity index (χ2n) is 7.03. The summed E-state index contributed by atoms with van der Waals surface area (Å²) < 4.78 is 1.49. The van der Waals surface area contributed by atoms with Crippen molar-refractivity contribution < 1.29 is 4.79 Å². The van der Waals surface area contributed by atoms with Crippen molar-refractivity contribution in [2.24, 2.45) is 0 Å². The van der Waals surface area contributed by atoms with E-state index in [0.29, 0.717) is 0 Å². The summed E-state index contributed by atoms with van der Waals surface area (Å²) in [5, 5.41) is 0.742. The van der Waals surface area contributed by atoms with Crippen molar-refractivity contribution >= 4 is 27.5 Å². The molecule has 5 nitrogen and oxygen atoms in total. The Morgan fingerprint density at radius 1 is 1.28 bits per heavy atom. The van der Waals surface area contributed by atoms with Gasteiger partial charge in [-0.1, -0.05) is 13.8 Å². The van der Waals surface area contributed by atoms with Gasteiger partial charge in [0.2, 0.25) is 5.91 Å². The van der Waals surface area contributed by atoms with Crippen LogP contribution in [0.3, 0.4) is 0 Å². The minimum atomic E-state index is -0.0639. The summed E-state index contributed by atoms with van der Waals surface area (Å²) in [5.41, 5.74) is 1.10. The molecule has 0 fully saturated rings. The van der Waals surface area contributed by atoms with E-state index in [1.807, 2.05) is 4.90 Å². The summed E-state index contributed by atoms with van der Waals surface area (Å²) >= 11 is 1.63. The minimum Gasteiger partial charge on any atom is -0.336 e. The van der Waals surface area contributed by atoms with E-state index >= 15 is 0 Å². The van der Waals surface area contributed by atoms with Gasteiger partial charge in [-0.15, -0.1) is 11.3 Å². The summed E-state index contributed by atoms with van der Waals surface area (Å²) in [6, 6.07) is 0.334. The van der Waals surface area contributed by atoms with Crippen molar-refractivity contribution in [2.75, 3.05) is 0 Å². The average Bonchev–Trinajstić information content (AvgIpc) is 3.17. The molecule has 25 heavy (non-hydrogen) atoms. The summed E-state index contributed by atoms with van der Waals surface area (Å²) in [5.74, 6) is -0.00109. The molecule has 1 amide bonds. The molecule has 6 heteroatoms. The van der Waals surface area contributed by atoms with Crippen molar-refractivity contribution in [3.63, 3.8) is 0 Å². The molecule has 0 aliphatic heterocycles. The molecule has 3 rings (SSSR count). The van der Waals surface area contributed by atoms with Crippen LogP contribution in [0.5, 0.6) is 0 Å². The van der Waals surface area contributed by atoms with Gasteiger partial charge in [0, 0.05) is 17.0 Å². The third-order valence-corrected chi connectivity index (χ3v) is 6.62. The fourth-order valence-corrected chi connectivity index (χ4v) is 4.90. The predicted molar refractivity (Wildman–Crippen MR) is 102 cm³/mol. The van der Waals surface area contributed by atoms with Crippen LogP contribution in [0.1, 0.15) is 57.4 Å². The lowest BCUT2D eigenvalue weighted by Crippen LogP contribution is -2.46. The van der Waals surface area contributed by atoms with Gasteiger partial charge in [0.05, 0.1) is 11.7 Å². The maximum absolute atomic E-state index is 12.9. The number of carbonyl (C=O) groups excluding carboxylic acids is 1. The first-order chi connectivity index (χ1) is 12.0. The van der Waals surface area contributed by atoms with Crippen LogP contribution >= 0.6 is 11.3 Å². The largest absolute Gasteiger partial charge is 0.336 e. The predicted octanol–water partition coefficient (Wildman–Crippen LogP) is 3.37. The van der Waals surface area contributed by atoms with E-state index in [2.05, 4.69) is 32.7 Å². The smallest absolute Gasteiger partial charge is 0.262 e. The molecule has 0 radical (unpaired) electrons. The lowest BCUT2D eigenvalue weighted by molar-refractivity contribution is -0.136. The minimum absolute atomic E-state index is 0.00109. The zero-order chi connectivity index (χ0) is 18.1. The SMILES string of the molecule is CC[C@@H](C)N(C(=O)Cn1cnc2sc3c(c2c1=O)CCC3)[C@@H](C)CC. The van der Waals surface area contributed by atoms with Gasteiger partial charge in [0.1, 0.15) is 11.4 Å². The van der Waals surface area contributed by atoms with Crippen LogP contribution in [0.2, 0.25) is 0 Å². The van der Waals surface area contributed by atoms with Gasteiger partial charge in [-0.3, -0.25) is 14.2 Å². The molecule has 0 saturated heterocycles. The standard InChI is InChI=1S/C19H27N3O2S/c1-5-12(3)22(13(4)6-2)16(23)10-21-11-20-18-17(19(21)24)14-8-7-9-15(14)25-18/h11-13H,5-10H2,1-4H3/t12-,13+. The van der Waals surface area contributed by atoms with Gasteiger partial charge in [-0.25, -0.2) is 4.98 Å². The van der Waals surface area contributed by atoms with Crippen molar-refractivity contribution in [1.29, 1.82) is 0 Å². The summed E-state index contributed by atoms with van der Waals surface area (Å²) in [6.45, 7) is 8.38. The molecule has 0 aromatic carbocycles. The molecule has 2 atom stereocenters. The van der Waals surface area contributed by atoms with Crippen LogP contribution < -0.4 is 5.56 Å². The number of aryl methyl sites for hydroxylation is 2. The Balaban J connectivity index is 1.93. The highest BCUT2D eigenvalue weighted by atomic mass is 32.1. The number of aromatic nitrogens is 2. The van der Waals surface area contributed by atoms with Crippen LogP contribution in [-0.2, 0) is 24.2 Å². The second kappa shape index (κ2) is 7.28. The zero-order valence-electron chi connectivity index (χ0n) is 15.5. The molecule has 136 valence electrons. The van der Waals surface area contributed by atoms with Gasteiger partial charge in [0.25, 0.3) is 5.56 Å². The molecule has 2 heterocycles. The lowest BCUT2D eigenvalue weighted by Gasteiger charge is -2.34. The molecule has 0 N–H and O–H groups in total. The molecular formula is C19H27N3O2S. The highest BCUT2D eigenvalue weighted by Gasteiger charge is 2.25. The number of hydrogen-bond acceptors (Lipinski definition) is 4. The summed E-state index contributed by atoms with van der Waals surface area (Å²) in [7, 11) is 0. The molecule has 0 saturated carbocycles. The van der Waals surface area contributed by atoms with Crippen molar-refractivity contribution in [2.45, 2.75) is 78.4 Å². The van der Waals surface area contributed by atoms with E-state index < -0.39 is 0 Å². The molecule has 1 aliphatic rings. The Morgan fingerprint density at radius 3 is 2.60 bits per heavy atom. The van der Waals surface area contributed by atoms with Crippen LogP contribution in [0, 0.1) is 0 Å². The van der Waals surface area contributed by atoms with E-state index in [4.69, 9.17) is 0 Å². The zero-order valence-corrected chi connectivity index (χ0v) is 16.4. The number of carbonyl (C=O) groups is 1. The van der Waals surface area contributed by atoms with Crippen LogP contribution in [0.4, 0.5) is 0 Å². The number of amides is 1. The molecule has 0 spiro atoms. The molecule has 0 bridgehead atoms. The number of fused-ring (bicyclic) bond motifs is 3. The van der Waals surface area contributed by atoms with Gasteiger partial charge < -0.3 is 4.90 Å². The highest BCUT2D eigenvalue weighted by Crippen LogP contribution is 2.34. The maximum atomic E-state index is 12.9. The molecule has 2 aromatic heterocycles. The van der Waals surface area contributed by atoms with Crippen molar-refractivity contribution in [3.05, 3.63) is 27.1 Å². The third-order valence-electron chi connectivity index (χ3n) is 5.42. The molecule has 1 aliphatic carbocycles. The van der Waals surface area contributed by atoms with Gasteiger partial charge in [-0.2, -0.15) is 0 Å². The highest BCUT2D eigenvalue weighted by molar-refractivity contribution is 7.18. The van der Waals surface area contributed by atoms with E-state index in [1.165, 1.54) is 15.0 Å². The van der Waals surface area contributed by atoms with Crippen LogP contribution in [0.15, 0.2) is 11.1 Å². The molecule has 0 unspecified atom stereocenters. The fraction of sp³-hybridized carbons (Fsp3) is 0.632. The van der Waals surface area contributed by atoms with E-state index in [-0.39, 0.29) is 30.1 Å². The van der Waals surface area contributed by atoms with E-state index in [1.54, 1.807) is 17.7 Å². The second-order valence-corrected chi connectivity index (χ2v) is 8.11. The normalized spacial score (nSPS) is 16.0. The first-order valence-corrected chi connectivity index (χ1v) is 10.1. The average molecular weight is 362 g/mol. The molecular weight excluding hydrogens is 334 g/mol. The third kappa shape index (κ3) is 3.24. The first kappa shape index (κ1) is 18.1. The maximum Gasteiger partial charge on any atom is 0.262 e. The Hall–Kier alpha value is -1.69. The van der Waals surface area contributed by atoms with Gasteiger partial charge >= 0.3 is 0 Å². The number of rotatable bonds is 6. The fourth-order valence-electron chi connectivity index (χ4n) is 3.68. The first-order valence-electron chi connectivity index (χ1n) is 9.28. The molecule has 2 aromatic rings.